The molecule has 2 unspecified atom stereocenters. The highest BCUT2D eigenvalue weighted by Crippen LogP contribution is 2.29. The molecular weight excluding hydrogens is 318 g/mol. The summed E-state index contributed by atoms with van der Waals surface area (Å²) in [5.74, 6) is 0.240. The topological polar surface area (TPSA) is 60.9 Å². The third kappa shape index (κ3) is 2.24. The Morgan fingerprint density at radius 2 is 2.17 bits per heavy atom. The van der Waals surface area contributed by atoms with Crippen molar-refractivity contribution in [2.75, 3.05) is 0 Å². The Kier molecular flexibility index (Phi) is 3.64. The molecule has 1 amide bonds. The number of hydrogen-bond donors (Lipinski definition) is 1. The molecule has 0 saturated carbocycles. The molecular formula is C12H13BrClN3O. The Morgan fingerprint density at radius 3 is 2.72 bits per heavy atom. The number of nitrogens with zero attached hydrogens (tertiary/aromatic N) is 2. The lowest BCUT2D eigenvalue weighted by Gasteiger charge is -2.15. The van der Waals surface area contributed by atoms with Crippen molar-refractivity contribution >= 4 is 44.5 Å². The molecule has 0 fully saturated rings. The molecule has 2 atom stereocenters. The lowest BCUT2D eigenvalue weighted by Crippen LogP contribution is -2.25. The highest BCUT2D eigenvalue weighted by molar-refractivity contribution is 9.10. The minimum Gasteiger partial charge on any atom is -0.368 e. The summed E-state index contributed by atoms with van der Waals surface area (Å²) < 4.78 is 2.71. The van der Waals surface area contributed by atoms with Crippen molar-refractivity contribution in [1.82, 2.24) is 9.55 Å². The number of primary amides is 1. The van der Waals surface area contributed by atoms with E-state index in [1.807, 2.05) is 25.1 Å². The Balaban J connectivity index is 2.76. The van der Waals surface area contributed by atoms with Gasteiger partial charge in [0.05, 0.1) is 16.4 Å². The van der Waals surface area contributed by atoms with E-state index in [9.17, 15) is 4.79 Å². The third-order valence-corrected chi connectivity index (χ3v) is 3.52. The van der Waals surface area contributed by atoms with Gasteiger partial charge in [0.2, 0.25) is 5.91 Å². The van der Waals surface area contributed by atoms with E-state index in [1.165, 1.54) is 0 Å². The largest absolute Gasteiger partial charge is 0.368 e. The molecule has 4 nitrogen and oxygen atoms in total. The Morgan fingerprint density at radius 1 is 1.50 bits per heavy atom. The van der Waals surface area contributed by atoms with Crippen LogP contribution in [-0.2, 0) is 4.79 Å². The van der Waals surface area contributed by atoms with E-state index in [1.54, 1.807) is 11.5 Å². The number of alkyl halides is 1. The summed E-state index contributed by atoms with van der Waals surface area (Å²) in [6.45, 7) is 3.56. The SMILES string of the molecule is CC(Cl)c1nc2ccc(Br)cc2n1C(C)C(N)=O. The van der Waals surface area contributed by atoms with Crippen LogP contribution >= 0.6 is 27.5 Å². The van der Waals surface area contributed by atoms with Crippen LogP contribution in [-0.4, -0.2) is 15.5 Å². The van der Waals surface area contributed by atoms with Gasteiger partial charge in [-0.1, -0.05) is 15.9 Å². The molecule has 6 heteroatoms. The molecule has 0 saturated heterocycles. The van der Waals surface area contributed by atoms with Gasteiger partial charge in [-0.3, -0.25) is 4.79 Å². The van der Waals surface area contributed by atoms with Gasteiger partial charge >= 0.3 is 0 Å². The van der Waals surface area contributed by atoms with Gasteiger partial charge in [-0.25, -0.2) is 4.98 Å². The molecule has 96 valence electrons. The quantitative estimate of drug-likeness (QED) is 0.879. The summed E-state index contributed by atoms with van der Waals surface area (Å²) in [6, 6.07) is 5.20. The number of amides is 1. The van der Waals surface area contributed by atoms with Crippen LogP contribution in [0.15, 0.2) is 22.7 Å². The maximum Gasteiger partial charge on any atom is 0.240 e. The minimum absolute atomic E-state index is 0.294. The van der Waals surface area contributed by atoms with Crippen molar-refractivity contribution in [3.63, 3.8) is 0 Å². The fourth-order valence-corrected chi connectivity index (χ4v) is 2.40. The molecule has 0 aliphatic rings. The summed E-state index contributed by atoms with van der Waals surface area (Å²) in [5.41, 5.74) is 7.03. The second-order valence-corrected chi connectivity index (χ2v) is 5.74. The molecule has 2 rings (SSSR count). The molecule has 2 aromatic rings. The van der Waals surface area contributed by atoms with Crippen molar-refractivity contribution in [3.8, 4) is 0 Å². The van der Waals surface area contributed by atoms with E-state index in [-0.39, 0.29) is 5.38 Å². The van der Waals surface area contributed by atoms with Crippen molar-refractivity contribution in [3.05, 3.63) is 28.5 Å². The maximum absolute atomic E-state index is 11.4. The number of rotatable bonds is 3. The number of halogens is 2. The number of hydrogen-bond acceptors (Lipinski definition) is 2. The van der Waals surface area contributed by atoms with E-state index in [0.717, 1.165) is 15.5 Å². The fraction of sp³-hybridized carbons (Fsp3) is 0.333. The number of benzene rings is 1. The van der Waals surface area contributed by atoms with E-state index in [4.69, 9.17) is 17.3 Å². The Bertz CT molecular complexity index is 609. The molecule has 0 bridgehead atoms. The van der Waals surface area contributed by atoms with Crippen molar-refractivity contribution in [2.24, 2.45) is 5.73 Å². The molecule has 18 heavy (non-hydrogen) atoms. The van der Waals surface area contributed by atoms with E-state index < -0.39 is 11.9 Å². The molecule has 1 aromatic heterocycles. The summed E-state index contributed by atoms with van der Waals surface area (Å²) in [5, 5.41) is -0.294. The smallest absolute Gasteiger partial charge is 0.240 e. The second-order valence-electron chi connectivity index (χ2n) is 4.17. The van der Waals surface area contributed by atoms with Crippen LogP contribution in [0.2, 0.25) is 0 Å². The minimum atomic E-state index is -0.486. The molecule has 0 aliphatic heterocycles. The van der Waals surface area contributed by atoms with E-state index in [0.29, 0.717) is 5.82 Å². The first-order valence-electron chi connectivity index (χ1n) is 5.52. The van der Waals surface area contributed by atoms with Gasteiger partial charge in [0, 0.05) is 4.47 Å². The lowest BCUT2D eigenvalue weighted by molar-refractivity contribution is -0.120. The second kappa shape index (κ2) is 4.90. The monoisotopic (exact) mass is 329 g/mol. The van der Waals surface area contributed by atoms with Crippen LogP contribution in [0, 0.1) is 0 Å². The third-order valence-electron chi connectivity index (χ3n) is 2.83. The number of carbonyl (C=O) groups excluding carboxylic acids is 1. The highest BCUT2D eigenvalue weighted by atomic mass is 79.9. The molecule has 1 aromatic carbocycles. The lowest BCUT2D eigenvalue weighted by atomic mass is 10.2. The predicted molar refractivity (Wildman–Crippen MR) is 75.6 cm³/mol. The fourth-order valence-electron chi connectivity index (χ4n) is 1.90. The molecule has 2 N–H and O–H groups in total. The Labute approximate surface area is 118 Å². The van der Waals surface area contributed by atoms with E-state index >= 15 is 0 Å². The molecule has 0 radical (unpaired) electrons. The standard InChI is InChI=1S/C12H13BrClN3O/c1-6(14)12-16-9-4-3-8(13)5-10(9)17(12)7(2)11(15)18/h3-7H,1-2H3,(H2,15,18). The Hall–Kier alpha value is -1.07. The van der Waals surface area contributed by atoms with Crippen LogP contribution in [0.1, 0.15) is 31.1 Å². The number of nitrogens with two attached hydrogens (primary N) is 1. The highest BCUT2D eigenvalue weighted by Gasteiger charge is 2.22. The molecule has 0 spiro atoms. The normalized spacial score (nSPS) is 14.7. The summed E-state index contributed by atoms with van der Waals surface area (Å²) >= 11 is 9.53. The maximum atomic E-state index is 11.4. The first kappa shape index (κ1) is 13.4. The first-order valence-corrected chi connectivity index (χ1v) is 6.75. The summed E-state index contributed by atoms with van der Waals surface area (Å²) in [6.07, 6.45) is 0. The summed E-state index contributed by atoms with van der Waals surface area (Å²) in [7, 11) is 0. The number of fused-ring (bicyclic) bond motifs is 1. The average molecular weight is 331 g/mol. The molecule has 1 heterocycles. The van der Waals surface area contributed by atoms with Crippen LogP contribution in [0.25, 0.3) is 11.0 Å². The van der Waals surface area contributed by atoms with Crippen molar-refractivity contribution in [2.45, 2.75) is 25.3 Å². The van der Waals surface area contributed by atoms with Crippen molar-refractivity contribution < 1.29 is 4.79 Å². The van der Waals surface area contributed by atoms with Crippen molar-refractivity contribution in [1.29, 1.82) is 0 Å². The van der Waals surface area contributed by atoms with E-state index in [2.05, 4.69) is 20.9 Å². The van der Waals surface area contributed by atoms with Crippen LogP contribution in [0.4, 0.5) is 0 Å². The van der Waals surface area contributed by atoms with Gasteiger partial charge in [-0.2, -0.15) is 0 Å². The first-order chi connectivity index (χ1) is 8.41. The predicted octanol–water partition coefficient (Wildman–Crippen LogP) is 3.14. The van der Waals surface area contributed by atoms with Gasteiger partial charge in [-0.15, -0.1) is 11.6 Å². The van der Waals surface area contributed by atoms with Gasteiger partial charge in [-0.05, 0) is 32.0 Å². The van der Waals surface area contributed by atoms with Crippen LogP contribution in [0.3, 0.4) is 0 Å². The van der Waals surface area contributed by atoms with Gasteiger partial charge in [0.1, 0.15) is 11.9 Å². The molecule has 0 aliphatic carbocycles. The number of carbonyl (C=O) groups is 1. The number of imidazole rings is 1. The zero-order valence-corrected chi connectivity index (χ0v) is 12.4. The number of aromatic nitrogens is 2. The van der Waals surface area contributed by atoms with Crippen LogP contribution < -0.4 is 5.73 Å². The zero-order chi connectivity index (χ0) is 13.4. The van der Waals surface area contributed by atoms with Crippen LogP contribution in [0.5, 0.6) is 0 Å². The average Bonchev–Trinajstić information content (AvgIpc) is 2.66. The summed E-state index contributed by atoms with van der Waals surface area (Å²) in [4.78, 5) is 15.9. The zero-order valence-electron chi connectivity index (χ0n) is 10.0. The van der Waals surface area contributed by atoms with Gasteiger partial charge < -0.3 is 10.3 Å². The van der Waals surface area contributed by atoms with Gasteiger partial charge in [0.15, 0.2) is 0 Å². The van der Waals surface area contributed by atoms with Gasteiger partial charge in [0.25, 0.3) is 0 Å².